The van der Waals surface area contributed by atoms with Gasteiger partial charge in [0.15, 0.2) is 0 Å². The molecule has 0 spiro atoms. The molecule has 1 atom stereocenters. The van der Waals surface area contributed by atoms with Crippen molar-refractivity contribution in [3.05, 3.63) is 35.4 Å². The van der Waals surface area contributed by atoms with Crippen LogP contribution in [0.2, 0.25) is 0 Å². The Balaban J connectivity index is 1.36. The van der Waals surface area contributed by atoms with E-state index in [-0.39, 0.29) is 17.7 Å². The second-order valence-corrected chi connectivity index (χ2v) is 11.3. The Kier molecular flexibility index (Phi) is 7.47. The summed E-state index contributed by atoms with van der Waals surface area (Å²) in [6.07, 6.45) is 8.29. The molecule has 0 heterocycles. The zero-order valence-electron chi connectivity index (χ0n) is 21.0. The van der Waals surface area contributed by atoms with Gasteiger partial charge in [0.25, 0.3) is 5.91 Å². The van der Waals surface area contributed by atoms with Crippen molar-refractivity contribution < 1.29 is 9.59 Å². The summed E-state index contributed by atoms with van der Waals surface area (Å²) in [6.45, 7) is 11.6. The van der Waals surface area contributed by atoms with Crippen LogP contribution < -0.4 is 10.6 Å². The highest BCUT2D eigenvalue weighted by Crippen LogP contribution is 2.60. The lowest BCUT2D eigenvalue weighted by Crippen LogP contribution is -2.51. The van der Waals surface area contributed by atoms with Crippen molar-refractivity contribution in [1.82, 2.24) is 15.5 Å². The minimum absolute atomic E-state index is 0.0219. The molecule has 182 valence electrons. The number of likely N-dealkylation sites (N-methyl/N-ethyl adjacent to an activating group) is 1. The molecule has 1 aromatic carbocycles. The van der Waals surface area contributed by atoms with Crippen molar-refractivity contribution in [2.45, 2.75) is 77.7 Å². The van der Waals surface area contributed by atoms with Gasteiger partial charge in [-0.05, 0) is 98.4 Å². The van der Waals surface area contributed by atoms with Gasteiger partial charge in [0, 0.05) is 18.7 Å². The standard InChI is InChI=1S/C28H43N3O2/c1-5-31(6-2)12-11-29-27(33)25(19(3)4)30-26(32)23-7-9-24(10-8-23)28-16-20-13-21(17-28)15-22(14-20)18-28/h7-10,19-22,25H,5-6,11-18H2,1-4H3,(H,29,33)(H,30,32). The number of hydrogen-bond acceptors (Lipinski definition) is 3. The van der Waals surface area contributed by atoms with Gasteiger partial charge in [-0.3, -0.25) is 9.59 Å². The Labute approximate surface area is 200 Å². The molecule has 1 aromatic rings. The van der Waals surface area contributed by atoms with Gasteiger partial charge < -0.3 is 15.5 Å². The van der Waals surface area contributed by atoms with Gasteiger partial charge in [-0.2, -0.15) is 0 Å². The fraction of sp³-hybridized carbons (Fsp3) is 0.714. The largest absolute Gasteiger partial charge is 0.353 e. The summed E-state index contributed by atoms with van der Waals surface area (Å²) in [5, 5.41) is 6.00. The van der Waals surface area contributed by atoms with E-state index in [4.69, 9.17) is 0 Å². The first-order chi connectivity index (χ1) is 15.8. The second-order valence-electron chi connectivity index (χ2n) is 11.3. The first kappa shape index (κ1) is 24.3. The number of carbonyl (C=O) groups is 2. The summed E-state index contributed by atoms with van der Waals surface area (Å²) in [5.41, 5.74) is 2.41. The van der Waals surface area contributed by atoms with Crippen LogP contribution in [0.1, 0.15) is 82.1 Å². The van der Waals surface area contributed by atoms with Crippen molar-refractivity contribution in [2.24, 2.45) is 23.7 Å². The number of carbonyl (C=O) groups excluding carboxylic acids is 2. The third-order valence-corrected chi connectivity index (χ3v) is 8.66. The normalized spacial score (nSPS) is 28.8. The summed E-state index contributed by atoms with van der Waals surface area (Å²) in [7, 11) is 0. The van der Waals surface area contributed by atoms with Crippen LogP contribution in [0, 0.1) is 23.7 Å². The molecule has 2 N–H and O–H groups in total. The van der Waals surface area contributed by atoms with Gasteiger partial charge in [0.1, 0.15) is 6.04 Å². The molecule has 33 heavy (non-hydrogen) atoms. The van der Waals surface area contributed by atoms with Crippen molar-refractivity contribution in [3.8, 4) is 0 Å². The van der Waals surface area contributed by atoms with E-state index in [0.717, 1.165) is 37.4 Å². The molecule has 4 fully saturated rings. The minimum atomic E-state index is -0.531. The minimum Gasteiger partial charge on any atom is -0.353 e. The van der Waals surface area contributed by atoms with Gasteiger partial charge in [-0.1, -0.05) is 39.8 Å². The Bertz CT molecular complexity index is 793. The number of amides is 2. The van der Waals surface area contributed by atoms with E-state index in [2.05, 4.69) is 41.5 Å². The zero-order valence-corrected chi connectivity index (χ0v) is 21.0. The molecule has 2 amide bonds. The van der Waals surface area contributed by atoms with E-state index in [1.54, 1.807) is 0 Å². The van der Waals surface area contributed by atoms with Crippen LogP contribution in [-0.4, -0.2) is 48.9 Å². The topological polar surface area (TPSA) is 61.4 Å². The molecule has 4 saturated carbocycles. The predicted molar refractivity (Wildman–Crippen MR) is 133 cm³/mol. The number of benzene rings is 1. The van der Waals surface area contributed by atoms with Gasteiger partial charge >= 0.3 is 0 Å². The third-order valence-electron chi connectivity index (χ3n) is 8.66. The maximum absolute atomic E-state index is 13.0. The third kappa shape index (κ3) is 5.29. The highest BCUT2D eigenvalue weighted by molar-refractivity contribution is 5.97. The molecule has 4 aliphatic rings. The molecular formula is C28H43N3O2. The summed E-state index contributed by atoms with van der Waals surface area (Å²) >= 11 is 0. The number of hydrogen-bond donors (Lipinski definition) is 2. The molecule has 0 aromatic heterocycles. The Hall–Kier alpha value is -1.88. The van der Waals surface area contributed by atoms with Crippen LogP contribution in [0.3, 0.4) is 0 Å². The molecule has 5 heteroatoms. The van der Waals surface area contributed by atoms with Gasteiger partial charge in [-0.25, -0.2) is 0 Å². The Morgan fingerprint density at radius 2 is 1.52 bits per heavy atom. The summed E-state index contributed by atoms with van der Waals surface area (Å²) in [6, 6.07) is 7.79. The lowest BCUT2D eigenvalue weighted by atomic mass is 9.48. The van der Waals surface area contributed by atoms with Crippen LogP contribution in [0.15, 0.2) is 24.3 Å². The van der Waals surface area contributed by atoms with Crippen LogP contribution in [0.5, 0.6) is 0 Å². The molecule has 1 unspecified atom stereocenters. The number of nitrogens with one attached hydrogen (secondary N) is 2. The average Bonchev–Trinajstić information content (AvgIpc) is 2.79. The molecule has 0 saturated heterocycles. The van der Waals surface area contributed by atoms with Crippen molar-refractivity contribution in [1.29, 1.82) is 0 Å². The van der Waals surface area contributed by atoms with E-state index < -0.39 is 6.04 Å². The van der Waals surface area contributed by atoms with E-state index >= 15 is 0 Å². The molecular weight excluding hydrogens is 410 g/mol. The molecule has 0 aliphatic heterocycles. The summed E-state index contributed by atoms with van der Waals surface area (Å²) in [4.78, 5) is 28.0. The average molecular weight is 454 g/mol. The molecule has 0 radical (unpaired) electrons. The lowest BCUT2D eigenvalue weighted by Gasteiger charge is -2.57. The summed E-state index contributed by atoms with van der Waals surface area (Å²) < 4.78 is 0. The highest BCUT2D eigenvalue weighted by Gasteiger charge is 2.51. The van der Waals surface area contributed by atoms with Crippen LogP contribution in [0.25, 0.3) is 0 Å². The van der Waals surface area contributed by atoms with Crippen molar-refractivity contribution in [2.75, 3.05) is 26.2 Å². The van der Waals surface area contributed by atoms with E-state index in [0.29, 0.717) is 17.5 Å². The van der Waals surface area contributed by atoms with Gasteiger partial charge in [0.2, 0.25) is 5.91 Å². The second kappa shape index (κ2) is 10.2. The van der Waals surface area contributed by atoms with Gasteiger partial charge in [-0.15, -0.1) is 0 Å². The van der Waals surface area contributed by atoms with Crippen molar-refractivity contribution >= 4 is 11.8 Å². The highest BCUT2D eigenvalue weighted by atomic mass is 16.2. The fourth-order valence-electron chi connectivity index (χ4n) is 7.19. The first-order valence-corrected chi connectivity index (χ1v) is 13.2. The van der Waals surface area contributed by atoms with E-state index in [9.17, 15) is 9.59 Å². The quantitative estimate of drug-likeness (QED) is 0.553. The number of rotatable bonds is 10. The van der Waals surface area contributed by atoms with Gasteiger partial charge in [0.05, 0.1) is 0 Å². The Morgan fingerprint density at radius 3 is 2.00 bits per heavy atom. The van der Waals surface area contributed by atoms with Crippen molar-refractivity contribution in [3.63, 3.8) is 0 Å². The number of nitrogens with zero attached hydrogens (tertiary/aromatic N) is 1. The maximum atomic E-state index is 13.0. The summed E-state index contributed by atoms with van der Waals surface area (Å²) in [5.74, 6) is 2.48. The smallest absolute Gasteiger partial charge is 0.251 e. The van der Waals surface area contributed by atoms with Crippen LogP contribution >= 0.6 is 0 Å². The lowest BCUT2D eigenvalue weighted by molar-refractivity contribution is -0.124. The SMILES string of the molecule is CCN(CC)CCNC(=O)C(NC(=O)c1ccc(C23CC4CC(CC(C4)C2)C3)cc1)C(C)C. The first-order valence-electron chi connectivity index (χ1n) is 13.2. The zero-order chi connectivity index (χ0) is 23.6. The molecule has 4 bridgehead atoms. The molecule has 5 rings (SSSR count). The molecule has 5 nitrogen and oxygen atoms in total. The van der Waals surface area contributed by atoms with Crippen LogP contribution in [-0.2, 0) is 10.2 Å². The Morgan fingerprint density at radius 1 is 0.970 bits per heavy atom. The predicted octanol–water partition coefficient (Wildman–Crippen LogP) is 4.37. The molecule has 4 aliphatic carbocycles. The maximum Gasteiger partial charge on any atom is 0.251 e. The monoisotopic (exact) mass is 453 g/mol. The fourth-order valence-corrected chi connectivity index (χ4v) is 7.19. The van der Waals surface area contributed by atoms with E-state index in [1.807, 2.05) is 26.0 Å². The van der Waals surface area contributed by atoms with Crippen LogP contribution in [0.4, 0.5) is 0 Å². The van der Waals surface area contributed by atoms with E-state index in [1.165, 1.54) is 44.1 Å².